The van der Waals surface area contributed by atoms with Crippen LogP contribution in [-0.4, -0.2) is 131 Å². The first-order valence-electron chi connectivity index (χ1n) is 20.8. The summed E-state index contributed by atoms with van der Waals surface area (Å²) in [7, 11) is 4.09. The Bertz CT molecular complexity index is 1700. The van der Waals surface area contributed by atoms with Gasteiger partial charge in [-0.2, -0.15) is 13.2 Å². The number of nitrogens with zero attached hydrogens (tertiary/aromatic N) is 3. The van der Waals surface area contributed by atoms with Gasteiger partial charge in [0.2, 0.25) is 33.5 Å². The van der Waals surface area contributed by atoms with E-state index in [2.05, 4.69) is 4.72 Å². The van der Waals surface area contributed by atoms with Crippen LogP contribution in [-0.2, 0) is 55.6 Å². The van der Waals surface area contributed by atoms with E-state index in [-0.39, 0.29) is 66.2 Å². The summed E-state index contributed by atoms with van der Waals surface area (Å²) in [4.78, 5) is 71.8. The molecular formula is C43H69F3N4O9S. The van der Waals surface area contributed by atoms with E-state index < -0.39 is 76.2 Å². The van der Waals surface area contributed by atoms with Crippen molar-refractivity contribution in [2.24, 2.45) is 29.6 Å². The Balaban J connectivity index is 2.21. The summed E-state index contributed by atoms with van der Waals surface area (Å²) in [5, 5.41) is 0. The van der Waals surface area contributed by atoms with Gasteiger partial charge in [0, 0.05) is 46.6 Å². The molecule has 1 aromatic carbocycles. The molecular weight excluding hydrogens is 806 g/mol. The number of aryl methyl sites for hydroxylation is 1. The molecule has 1 N–H and O–H groups in total. The van der Waals surface area contributed by atoms with E-state index in [1.165, 1.54) is 45.4 Å². The van der Waals surface area contributed by atoms with E-state index in [4.69, 9.17) is 9.47 Å². The summed E-state index contributed by atoms with van der Waals surface area (Å²) in [6.45, 7) is 13.7. The highest BCUT2D eigenvalue weighted by molar-refractivity contribution is 7.89. The summed E-state index contributed by atoms with van der Waals surface area (Å²) in [6.07, 6.45) is -5.61. The van der Waals surface area contributed by atoms with Gasteiger partial charge in [0.15, 0.2) is 5.78 Å². The summed E-state index contributed by atoms with van der Waals surface area (Å²) in [6, 6.07) is 4.27. The van der Waals surface area contributed by atoms with Crippen LogP contribution in [0.2, 0.25) is 0 Å². The molecule has 1 aromatic rings. The largest absolute Gasteiger partial charge is 0.449 e. The number of halogens is 3. The average Bonchev–Trinajstić information content (AvgIpc) is 3.64. The lowest BCUT2D eigenvalue weighted by molar-refractivity contribution is -0.171. The number of likely N-dealkylation sites (tertiary alicyclic amines) is 1. The number of carbonyl (C=O) groups excluding carboxylic acids is 5. The number of ether oxygens (including phenoxy) is 2. The maximum atomic E-state index is 14.3. The van der Waals surface area contributed by atoms with Crippen LogP contribution in [0.3, 0.4) is 0 Å². The second kappa shape index (κ2) is 23.2. The monoisotopic (exact) mass is 874 g/mol. The second-order valence-electron chi connectivity index (χ2n) is 17.2. The Morgan fingerprint density at radius 2 is 1.48 bits per heavy atom. The van der Waals surface area contributed by atoms with E-state index in [1.807, 2.05) is 60.5 Å². The summed E-state index contributed by atoms with van der Waals surface area (Å²) in [5.41, 5.74) is 0.693. The van der Waals surface area contributed by atoms with Crippen molar-refractivity contribution in [1.82, 2.24) is 19.4 Å². The third-order valence-electron chi connectivity index (χ3n) is 11.9. The molecule has 60 heavy (non-hydrogen) atoms. The maximum absolute atomic E-state index is 14.3. The van der Waals surface area contributed by atoms with Crippen LogP contribution < -0.4 is 4.72 Å². The molecule has 1 saturated heterocycles. The van der Waals surface area contributed by atoms with Crippen LogP contribution in [0.1, 0.15) is 98.1 Å². The third-order valence-corrected chi connectivity index (χ3v) is 13.1. The number of alkyl halides is 3. The van der Waals surface area contributed by atoms with Crippen molar-refractivity contribution >= 4 is 39.3 Å². The lowest BCUT2D eigenvalue weighted by Crippen LogP contribution is -2.54. The van der Waals surface area contributed by atoms with E-state index in [1.54, 1.807) is 16.8 Å². The van der Waals surface area contributed by atoms with Gasteiger partial charge in [-0.05, 0) is 62.2 Å². The van der Waals surface area contributed by atoms with Gasteiger partial charge in [0.05, 0.1) is 48.4 Å². The number of benzene rings is 1. The van der Waals surface area contributed by atoms with Crippen molar-refractivity contribution in [3.8, 4) is 0 Å². The zero-order valence-electron chi connectivity index (χ0n) is 37.5. The molecule has 1 heterocycles. The number of likely N-dealkylation sites (N-methyl/N-ethyl adjacent to an activating group) is 2. The molecule has 17 heteroatoms. The molecule has 3 amide bonds. The average molecular weight is 875 g/mol. The molecule has 13 nitrogen and oxygen atoms in total. The smallest absolute Gasteiger partial charge is 0.379 e. The van der Waals surface area contributed by atoms with Crippen LogP contribution in [0, 0.1) is 29.6 Å². The number of carbonyl (C=O) groups is 5. The number of methoxy groups -OCH3 is 2. The lowest BCUT2D eigenvalue weighted by Gasteiger charge is -2.41. The molecule has 0 aliphatic carbocycles. The summed E-state index contributed by atoms with van der Waals surface area (Å²) in [5.74, 6) is -5.47. The Labute approximate surface area is 355 Å². The van der Waals surface area contributed by atoms with Crippen LogP contribution >= 0.6 is 0 Å². The highest BCUT2D eigenvalue weighted by atomic mass is 32.2. The zero-order valence-corrected chi connectivity index (χ0v) is 38.3. The normalized spacial score (nSPS) is 18.5. The summed E-state index contributed by atoms with van der Waals surface area (Å²) < 4.78 is 77.7. The second-order valence-corrected chi connectivity index (χ2v) is 18.9. The van der Waals surface area contributed by atoms with Crippen molar-refractivity contribution in [3.05, 3.63) is 35.4 Å². The first kappa shape index (κ1) is 52.7. The predicted octanol–water partition coefficient (Wildman–Crippen LogP) is 5.43. The minimum Gasteiger partial charge on any atom is -0.379 e. The van der Waals surface area contributed by atoms with E-state index >= 15 is 0 Å². The first-order valence-corrected chi connectivity index (χ1v) is 22.5. The molecule has 0 saturated carbocycles. The molecule has 2 rings (SSSR count). The Kier molecular flexibility index (Phi) is 20.3. The number of Topliss-reactive ketones (excluding diaryl/α,β-unsaturated/α-hetero) is 2. The zero-order chi connectivity index (χ0) is 45.9. The quantitative estimate of drug-likeness (QED) is 0.142. The minimum absolute atomic E-state index is 0.00355. The number of rotatable bonds is 24. The molecule has 1 fully saturated rings. The predicted molar refractivity (Wildman–Crippen MR) is 223 cm³/mol. The molecule has 342 valence electrons. The van der Waals surface area contributed by atoms with Crippen molar-refractivity contribution in [3.63, 3.8) is 0 Å². The number of nitrogens with one attached hydrogen (secondary N) is 1. The third kappa shape index (κ3) is 14.6. The van der Waals surface area contributed by atoms with Crippen LogP contribution in [0.25, 0.3) is 0 Å². The van der Waals surface area contributed by atoms with Crippen molar-refractivity contribution in [2.75, 3.05) is 41.9 Å². The van der Waals surface area contributed by atoms with E-state index in [0.29, 0.717) is 31.4 Å². The van der Waals surface area contributed by atoms with Crippen LogP contribution in [0.15, 0.2) is 24.3 Å². The van der Waals surface area contributed by atoms with E-state index in [9.17, 15) is 45.6 Å². The summed E-state index contributed by atoms with van der Waals surface area (Å²) >= 11 is 0. The Morgan fingerprint density at radius 1 is 0.900 bits per heavy atom. The topological polar surface area (TPSA) is 160 Å². The van der Waals surface area contributed by atoms with Crippen molar-refractivity contribution in [1.29, 1.82) is 0 Å². The van der Waals surface area contributed by atoms with Crippen molar-refractivity contribution < 1.29 is 55.0 Å². The van der Waals surface area contributed by atoms with E-state index in [0.717, 1.165) is 0 Å². The van der Waals surface area contributed by atoms with Gasteiger partial charge < -0.3 is 19.3 Å². The number of sulfonamides is 1. The SMILES string of the molecule is CC[C@H](C)[C@@H]([C@@H](CC(=O)N1CCC[C@H]1[C@H](OC)[C@@H](C)C(=O)NS(=O)(=O)Cc1ccc(CCC(=O)C(F)(F)F)cc1)OC)N(C)C(=O)[C@@H](CC(=O)[C@H](C(C)C)N(C)C)C(C)C. The highest BCUT2D eigenvalue weighted by Crippen LogP contribution is 2.31. The molecule has 0 bridgehead atoms. The Morgan fingerprint density at radius 3 is 1.97 bits per heavy atom. The van der Waals surface area contributed by atoms with Gasteiger partial charge in [0.25, 0.3) is 0 Å². The lowest BCUT2D eigenvalue weighted by atomic mass is 9.83. The molecule has 0 unspecified atom stereocenters. The number of hydrogen-bond donors (Lipinski definition) is 1. The number of hydrogen-bond acceptors (Lipinski definition) is 10. The van der Waals surface area contributed by atoms with Gasteiger partial charge in [-0.15, -0.1) is 0 Å². The van der Waals surface area contributed by atoms with Gasteiger partial charge >= 0.3 is 6.18 Å². The van der Waals surface area contributed by atoms with Gasteiger partial charge in [-0.25, -0.2) is 8.42 Å². The van der Waals surface area contributed by atoms with Crippen LogP contribution in [0.5, 0.6) is 0 Å². The fourth-order valence-electron chi connectivity index (χ4n) is 8.47. The molecule has 0 radical (unpaired) electrons. The minimum atomic E-state index is -4.92. The Hall–Kier alpha value is -3.41. The van der Waals surface area contributed by atoms with Gasteiger partial charge in [-0.1, -0.05) is 79.2 Å². The fourth-order valence-corrected chi connectivity index (χ4v) is 9.67. The highest BCUT2D eigenvalue weighted by Gasteiger charge is 2.44. The van der Waals surface area contributed by atoms with Crippen LogP contribution in [0.4, 0.5) is 13.2 Å². The molecule has 0 spiro atoms. The molecule has 1 aliphatic heterocycles. The number of amides is 3. The fraction of sp³-hybridized carbons (Fsp3) is 0.744. The molecule has 1 aliphatic rings. The maximum Gasteiger partial charge on any atom is 0.449 e. The molecule has 0 aromatic heterocycles. The van der Waals surface area contributed by atoms with Gasteiger partial charge in [-0.3, -0.25) is 33.6 Å². The molecule has 8 atom stereocenters. The van der Waals surface area contributed by atoms with Gasteiger partial charge in [0.1, 0.15) is 0 Å². The van der Waals surface area contributed by atoms with Crippen molar-refractivity contribution in [2.45, 2.75) is 136 Å². The number of ketones is 2. The first-order chi connectivity index (χ1) is 27.8. The standard InChI is InChI=1S/C43H69F3N4O9S/c1-13-28(6)39(49(10)42(55)32(26(2)3)23-34(51)38(27(4)5)48(8)9)35(58-11)24-37(53)50-22-14-15-33(50)40(59-12)29(7)41(54)47-60(56,57)25-31-18-16-30(17-19-31)20-21-36(52)43(44,45)46/h16-19,26-29,32-33,35,38-40H,13-15,20-25H2,1-12H3,(H,47,54)/t28-,29+,32-,33-,35+,38-,39-,40+/m0/s1.